The SMILES string of the molecule is N#Cc1ccc(C2(F)CCC(F)(F)CC2)c(C(=O)O)c1O. The summed E-state index contributed by atoms with van der Waals surface area (Å²) in [6, 6.07) is 3.75. The maximum absolute atomic E-state index is 14.9. The van der Waals surface area contributed by atoms with E-state index < -0.39 is 54.6 Å². The summed E-state index contributed by atoms with van der Waals surface area (Å²) in [6.45, 7) is 0. The molecule has 1 aromatic carbocycles. The van der Waals surface area contributed by atoms with Gasteiger partial charge in [-0.05, 0) is 18.9 Å². The quantitative estimate of drug-likeness (QED) is 0.877. The van der Waals surface area contributed by atoms with E-state index in [2.05, 4.69) is 0 Å². The first-order valence-electron chi connectivity index (χ1n) is 6.27. The van der Waals surface area contributed by atoms with E-state index in [9.17, 15) is 23.1 Å². The molecule has 2 rings (SSSR count). The number of halogens is 3. The molecule has 7 heteroatoms. The molecule has 0 saturated heterocycles. The van der Waals surface area contributed by atoms with Crippen molar-refractivity contribution in [3.05, 3.63) is 28.8 Å². The Labute approximate surface area is 118 Å². The number of phenols is 1. The van der Waals surface area contributed by atoms with Crippen molar-refractivity contribution in [1.82, 2.24) is 0 Å². The van der Waals surface area contributed by atoms with Gasteiger partial charge in [-0.2, -0.15) is 5.26 Å². The Morgan fingerprint density at radius 1 is 1.19 bits per heavy atom. The fraction of sp³-hybridized carbons (Fsp3) is 0.429. The zero-order valence-corrected chi connectivity index (χ0v) is 10.9. The standard InChI is InChI=1S/C14H12F3NO3/c15-13(3-5-14(16,17)6-4-13)9-2-1-8(7-18)11(19)10(9)12(20)21/h1-2,19H,3-6H2,(H,20,21). The van der Waals surface area contributed by atoms with Crippen LogP contribution >= 0.6 is 0 Å². The Morgan fingerprint density at radius 3 is 2.24 bits per heavy atom. The number of benzene rings is 1. The topological polar surface area (TPSA) is 81.3 Å². The summed E-state index contributed by atoms with van der Waals surface area (Å²) in [5.74, 6) is -5.40. The van der Waals surface area contributed by atoms with Gasteiger partial charge in [0.05, 0.1) is 5.56 Å². The molecule has 0 bridgehead atoms. The number of nitriles is 1. The Morgan fingerprint density at radius 2 is 1.76 bits per heavy atom. The number of alkyl halides is 3. The third-order valence-electron chi connectivity index (χ3n) is 3.77. The van der Waals surface area contributed by atoms with Crippen LogP contribution in [-0.4, -0.2) is 22.1 Å². The van der Waals surface area contributed by atoms with Crippen molar-refractivity contribution >= 4 is 5.97 Å². The van der Waals surface area contributed by atoms with E-state index in [1.807, 2.05) is 0 Å². The first kappa shape index (κ1) is 15.2. The smallest absolute Gasteiger partial charge is 0.339 e. The number of hydrogen-bond donors (Lipinski definition) is 2. The molecule has 1 saturated carbocycles. The highest BCUT2D eigenvalue weighted by Gasteiger charge is 2.46. The first-order chi connectivity index (χ1) is 9.70. The Bertz CT molecular complexity index is 627. The molecular formula is C14H12F3NO3. The number of aromatic hydroxyl groups is 1. The van der Waals surface area contributed by atoms with Gasteiger partial charge in [0.25, 0.3) is 0 Å². The Balaban J connectivity index is 2.52. The van der Waals surface area contributed by atoms with Gasteiger partial charge in [0.1, 0.15) is 23.1 Å². The van der Waals surface area contributed by atoms with Gasteiger partial charge in [0, 0.05) is 18.4 Å². The number of carbonyl (C=O) groups is 1. The van der Waals surface area contributed by atoms with Crippen molar-refractivity contribution in [2.75, 3.05) is 0 Å². The minimum absolute atomic E-state index is 0.305. The lowest BCUT2D eigenvalue weighted by Gasteiger charge is -2.35. The zero-order valence-electron chi connectivity index (χ0n) is 10.9. The number of nitrogens with zero attached hydrogens (tertiary/aromatic N) is 1. The van der Waals surface area contributed by atoms with E-state index in [1.165, 1.54) is 0 Å². The molecule has 0 aromatic heterocycles. The lowest BCUT2D eigenvalue weighted by atomic mass is 9.77. The van der Waals surface area contributed by atoms with Crippen molar-refractivity contribution in [3.63, 3.8) is 0 Å². The van der Waals surface area contributed by atoms with Crippen molar-refractivity contribution in [1.29, 1.82) is 5.26 Å². The van der Waals surface area contributed by atoms with Crippen molar-refractivity contribution < 1.29 is 28.2 Å². The van der Waals surface area contributed by atoms with Crippen molar-refractivity contribution in [2.45, 2.75) is 37.3 Å². The third-order valence-corrected chi connectivity index (χ3v) is 3.77. The predicted molar refractivity (Wildman–Crippen MR) is 66.0 cm³/mol. The number of rotatable bonds is 2. The highest BCUT2D eigenvalue weighted by molar-refractivity contribution is 5.94. The molecule has 1 fully saturated rings. The monoisotopic (exact) mass is 299 g/mol. The van der Waals surface area contributed by atoms with E-state index in [1.54, 1.807) is 6.07 Å². The molecule has 1 aliphatic carbocycles. The molecule has 2 N–H and O–H groups in total. The maximum atomic E-state index is 14.9. The summed E-state index contributed by atoms with van der Waals surface area (Å²) >= 11 is 0. The second-order valence-corrected chi connectivity index (χ2v) is 5.12. The van der Waals surface area contributed by atoms with Crippen molar-refractivity contribution in [3.8, 4) is 11.8 Å². The van der Waals surface area contributed by atoms with Crippen LogP contribution in [0.15, 0.2) is 12.1 Å². The van der Waals surface area contributed by atoms with Gasteiger partial charge in [-0.25, -0.2) is 18.0 Å². The van der Waals surface area contributed by atoms with Crippen LogP contribution in [0.3, 0.4) is 0 Å². The number of aromatic carboxylic acids is 1. The second-order valence-electron chi connectivity index (χ2n) is 5.12. The summed E-state index contributed by atoms with van der Waals surface area (Å²) in [7, 11) is 0. The summed E-state index contributed by atoms with van der Waals surface area (Å²) in [4.78, 5) is 11.2. The van der Waals surface area contributed by atoms with Crippen LogP contribution in [0.1, 0.15) is 47.2 Å². The molecule has 0 unspecified atom stereocenters. The molecule has 0 radical (unpaired) electrons. The van der Waals surface area contributed by atoms with Crippen LogP contribution in [0.5, 0.6) is 5.75 Å². The lowest BCUT2D eigenvalue weighted by Crippen LogP contribution is -2.34. The number of carboxylic acid groups (broad SMARTS) is 1. The molecule has 0 aliphatic heterocycles. The molecule has 0 atom stereocenters. The van der Waals surface area contributed by atoms with Crippen LogP contribution in [0.4, 0.5) is 13.2 Å². The van der Waals surface area contributed by atoms with Gasteiger partial charge in [-0.3, -0.25) is 0 Å². The highest BCUT2D eigenvalue weighted by atomic mass is 19.3. The summed E-state index contributed by atoms with van der Waals surface area (Å²) in [5.41, 5.74) is -3.65. The summed E-state index contributed by atoms with van der Waals surface area (Å²) < 4.78 is 41.2. The first-order valence-corrected chi connectivity index (χ1v) is 6.27. The maximum Gasteiger partial charge on any atom is 0.339 e. The largest absolute Gasteiger partial charge is 0.506 e. The average Bonchev–Trinajstić information content (AvgIpc) is 2.41. The number of carboxylic acids is 1. The normalized spacial score (nSPS) is 19.7. The molecular weight excluding hydrogens is 287 g/mol. The molecule has 0 heterocycles. The molecule has 1 aliphatic rings. The number of hydrogen-bond acceptors (Lipinski definition) is 3. The molecule has 0 amide bonds. The average molecular weight is 299 g/mol. The van der Waals surface area contributed by atoms with Crippen LogP contribution < -0.4 is 0 Å². The van der Waals surface area contributed by atoms with E-state index >= 15 is 0 Å². The van der Waals surface area contributed by atoms with E-state index in [0.29, 0.717) is 0 Å². The highest BCUT2D eigenvalue weighted by Crippen LogP contribution is 2.48. The van der Waals surface area contributed by atoms with Crippen LogP contribution in [0.2, 0.25) is 0 Å². The Kier molecular flexibility index (Phi) is 3.58. The van der Waals surface area contributed by atoms with Crippen LogP contribution in [0, 0.1) is 11.3 Å². The second kappa shape index (κ2) is 4.95. The summed E-state index contributed by atoms with van der Waals surface area (Å²) in [6.07, 6.45) is -2.45. The minimum Gasteiger partial charge on any atom is -0.506 e. The fourth-order valence-electron chi connectivity index (χ4n) is 2.55. The van der Waals surface area contributed by atoms with Gasteiger partial charge < -0.3 is 10.2 Å². The van der Waals surface area contributed by atoms with E-state index in [0.717, 1.165) is 12.1 Å². The fourth-order valence-corrected chi connectivity index (χ4v) is 2.55. The summed E-state index contributed by atoms with van der Waals surface area (Å²) in [5, 5.41) is 27.7. The van der Waals surface area contributed by atoms with Crippen LogP contribution in [0.25, 0.3) is 0 Å². The molecule has 112 valence electrons. The third kappa shape index (κ3) is 2.66. The minimum atomic E-state index is -2.96. The van der Waals surface area contributed by atoms with Crippen molar-refractivity contribution in [2.24, 2.45) is 0 Å². The van der Waals surface area contributed by atoms with Gasteiger partial charge in [0.2, 0.25) is 5.92 Å². The van der Waals surface area contributed by atoms with Gasteiger partial charge >= 0.3 is 5.97 Å². The molecule has 1 aromatic rings. The van der Waals surface area contributed by atoms with Gasteiger partial charge in [-0.1, -0.05) is 6.07 Å². The van der Waals surface area contributed by atoms with Gasteiger partial charge in [-0.15, -0.1) is 0 Å². The van der Waals surface area contributed by atoms with Crippen LogP contribution in [-0.2, 0) is 5.67 Å². The zero-order chi connectivity index (χ0) is 15.8. The van der Waals surface area contributed by atoms with E-state index in [4.69, 9.17) is 10.4 Å². The Hall–Kier alpha value is -2.23. The van der Waals surface area contributed by atoms with E-state index in [-0.39, 0.29) is 11.1 Å². The predicted octanol–water partition coefficient (Wildman–Crippen LogP) is 3.34. The molecule has 4 nitrogen and oxygen atoms in total. The van der Waals surface area contributed by atoms with Gasteiger partial charge in [0.15, 0.2) is 0 Å². The molecule has 0 spiro atoms. The molecule has 21 heavy (non-hydrogen) atoms. The lowest BCUT2D eigenvalue weighted by molar-refractivity contribution is -0.0776.